The van der Waals surface area contributed by atoms with Crippen molar-refractivity contribution in [1.29, 1.82) is 0 Å². The van der Waals surface area contributed by atoms with Gasteiger partial charge in [-0.2, -0.15) is 0 Å². The van der Waals surface area contributed by atoms with Crippen molar-refractivity contribution in [2.75, 3.05) is 26.2 Å². The summed E-state index contributed by atoms with van der Waals surface area (Å²) >= 11 is 12.5. The molecule has 0 bridgehead atoms. The van der Waals surface area contributed by atoms with E-state index in [1.54, 1.807) is 9.80 Å². The van der Waals surface area contributed by atoms with E-state index in [4.69, 9.17) is 32.9 Å². The van der Waals surface area contributed by atoms with Crippen LogP contribution in [0.1, 0.15) is 62.0 Å². The number of ether oxygens (including phenoxy) is 1. The number of aliphatic imine (C=N–C) groups is 1. The van der Waals surface area contributed by atoms with Crippen molar-refractivity contribution in [3.05, 3.63) is 99.0 Å². The molecule has 0 radical (unpaired) electrons. The molecule has 0 unspecified atom stereocenters. The maximum absolute atomic E-state index is 14.4. The Balaban J connectivity index is 0.00000405. The molecule has 1 saturated heterocycles. The molecular formula is C32H35Cl3N4O3. The fraction of sp³-hybridized carbons (Fsp3) is 0.344. The normalized spacial score (nSPS) is 18.7. The third kappa shape index (κ3) is 6.54. The summed E-state index contributed by atoms with van der Waals surface area (Å²) in [5, 5.41) is 4.02. The molecule has 2 heterocycles. The van der Waals surface area contributed by atoms with Crippen LogP contribution in [-0.4, -0.2) is 53.8 Å². The highest BCUT2D eigenvalue weighted by molar-refractivity contribution is 6.30. The molecule has 1 N–H and O–H groups in total. The lowest BCUT2D eigenvalue weighted by Gasteiger charge is -2.36. The van der Waals surface area contributed by atoms with E-state index in [-0.39, 0.29) is 36.3 Å². The Hall–Kier alpha value is -3.26. The van der Waals surface area contributed by atoms with Gasteiger partial charge in [0.1, 0.15) is 24.2 Å². The van der Waals surface area contributed by atoms with Gasteiger partial charge in [-0.3, -0.25) is 14.7 Å². The highest BCUT2D eigenvalue weighted by atomic mass is 35.5. The van der Waals surface area contributed by atoms with Crippen LogP contribution in [0.5, 0.6) is 5.75 Å². The molecule has 2 aliphatic heterocycles. The van der Waals surface area contributed by atoms with Gasteiger partial charge < -0.3 is 15.0 Å². The summed E-state index contributed by atoms with van der Waals surface area (Å²) < 4.78 is 6.16. The van der Waals surface area contributed by atoms with E-state index in [9.17, 15) is 9.59 Å². The summed E-state index contributed by atoms with van der Waals surface area (Å²) in [6.45, 7) is 9.60. The maximum atomic E-state index is 14.4. The first-order valence-corrected chi connectivity index (χ1v) is 14.5. The van der Waals surface area contributed by atoms with Gasteiger partial charge in [0.15, 0.2) is 0 Å². The Morgan fingerprint density at radius 2 is 1.62 bits per heavy atom. The zero-order valence-corrected chi connectivity index (χ0v) is 26.4. The van der Waals surface area contributed by atoms with Crippen LogP contribution >= 0.6 is 35.6 Å². The molecule has 0 aromatic heterocycles. The lowest BCUT2D eigenvalue weighted by molar-refractivity contribution is -0.123. The number of piperazine rings is 1. The maximum Gasteiger partial charge on any atom is 0.326 e. The standard InChI is InChI=1S/C32H34Cl2N4O3.ClH/c1-5-41-26-18-22(32(2,3)4)10-15-25(26)30-36-28(20-6-11-23(33)12-7-20)29(21-8-13-24(34)14-9-21)38(30)31(40)37-17-16-35-27(39)19-37;/h6-15,18,28-29H,5,16-17,19H2,1-4H3,(H,35,39);1H/t28-,29+;/m0./s1. The second kappa shape index (κ2) is 12.9. The van der Waals surface area contributed by atoms with Gasteiger partial charge in [-0.25, -0.2) is 4.79 Å². The van der Waals surface area contributed by atoms with Gasteiger partial charge in [0.2, 0.25) is 5.91 Å². The summed E-state index contributed by atoms with van der Waals surface area (Å²) in [7, 11) is 0. The highest BCUT2D eigenvalue weighted by Crippen LogP contribution is 2.46. The van der Waals surface area contributed by atoms with Crippen molar-refractivity contribution in [2.45, 2.75) is 45.2 Å². The largest absolute Gasteiger partial charge is 0.493 e. The first-order chi connectivity index (χ1) is 19.6. The molecular weight excluding hydrogens is 595 g/mol. The summed E-state index contributed by atoms with van der Waals surface area (Å²) in [5.74, 6) is 0.952. The van der Waals surface area contributed by atoms with Crippen LogP contribution < -0.4 is 10.1 Å². The minimum atomic E-state index is -0.502. The molecule has 1 fully saturated rings. The lowest BCUT2D eigenvalue weighted by atomic mass is 9.86. The number of urea groups is 1. The summed E-state index contributed by atoms with van der Waals surface area (Å²) in [6.07, 6.45) is 0. The Morgan fingerprint density at radius 1 is 1.00 bits per heavy atom. The quantitative estimate of drug-likeness (QED) is 0.324. The van der Waals surface area contributed by atoms with Crippen molar-refractivity contribution in [3.8, 4) is 5.75 Å². The number of nitrogens with one attached hydrogen (secondary N) is 1. The Kier molecular flexibility index (Phi) is 9.76. The number of carbonyl (C=O) groups excluding carboxylic acids is 2. The Labute approximate surface area is 263 Å². The second-order valence-corrected chi connectivity index (χ2v) is 12.1. The lowest BCUT2D eigenvalue weighted by Crippen LogP contribution is -2.55. The summed E-state index contributed by atoms with van der Waals surface area (Å²) in [4.78, 5) is 35.3. The number of nitrogens with zero attached hydrogens (tertiary/aromatic N) is 3. The van der Waals surface area contributed by atoms with E-state index >= 15 is 0 Å². The van der Waals surface area contributed by atoms with Crippen molar-refractivity contribution < 1.29 is 14.3 Å². The predicted molar refractivity (Wildman–Crippen MR) is 170 cm³/mol. The third-order valence-electron chi connectivity index (χ3n) is 7.39. The topological polar surface area (TPSA) is 74.2 Å². The number of rotatable bonds is 5. The number of hydrogen-bond acceptors (Lipinski definition) is 4. The Bertz CT molecular complexity index is 1470. The van der Waals surface area contributed by atoms with Crippen LogP contribution in [0.2, 0.25) is 10.0 Å². The first kappa shape index (κ1) is 31.7. The van der Waals surface area contributed by atoms with Gasteiger partial charge >= 0.3 is 6.03 Å². The van der Waals surface area contributed by atoms with Crippen LogP contribution in [0.4, 0.5) is 4.79 Å². The zero-order chi connectivity index (χ0) is 29.3. The fourth-order valence-electron chi connectivity index (χ4n) is 5.26. The third-order valence-corrected chi connectivity index (χ3v) is 7.90. The predicted octanol–water partition coefficient (Wildman–Crippen LogP) is 7.21. The van der Waals surface area contributed by atoms with Gasteiger partial charge in [0.25, 0.3) is 0 Å². The van der Waals surface area contributed by atoms with Gasteiger partial charge in [0, 0.05) is 23.1 Å². The van der Waals surface area contributed by atoms with E-state index < -0.39 is 12.1 Å². The first-order valence-electron chi connectivity index (χ1n) is 13.8. The molecule has 7 nitrogen and oxygen atoms in total. The smallest absolute Gasteiger partial charge is 0.326 e. The van der Waals surface area contributed by atoms with E-state index in [1.807, 2.05) is 67.6 Å². The van der Waals surface area contributed by atoms with Crippen molar-refractivity contribution in [2.24, 2.45) is 4.99 Å². The van der Waals surface area contributed by atoms with Crippen LogP contribution in [0, 0.1) is 0 Å². The fourth-order valence-corrected chi connectivity index (χ4v) is 5.51. The minimum Gasteiger partial charge on any atom is -0.493 e. The molecule has 10 heteroatoms. The zero-order valence-electron chi connectivity index (χ0n) is 24.1. The molecule has 3 aromatic carbocycles. The number of hydrogen-bond donors (Lipinski definition) is 1. The molecule has 222 valence electrons. The molecule has 0 aliphatic carbocycles. The number of carbonyl (C=O) groups is 2. The number of amidine groups is 1. The van der Waals surface area contributed by atoms with Crippen molar-refractivity contribution >= 4 is 53.4 Å². The average Bonchev–Trinajstić information content (AvgIpc) is 3.33. The van der Waals surface area contributed by atoms with Crippen LogP contribution in [0.25, 0.3) is 0 Å². The number of benzene rings is 3. The molecule has 0 saturated carbocycles. The molecule has 42 heavy (non-hydrogen) atoms. The summed E-state index contributed by atoms with van der Waals surface area (Å²) in [6, 6.07) is 19.8. The molecule has 2 atom stereocenters. The van der Waals surface area contributed by atoms with Crippen molar-refractivity contribution in [3.63, 3.8) is 0 Å². The molecule has 3 aromatic rings. The van der Waals surface area contributed by atoms with Crippen LogP contribution in [-0.2, 0) is 10.2 Å². The molecule has 5 rings (SSSR count). The van der Waals surface area contributed by atoms with Crippen molar-refractivity contribution in [1.82, 2.24) is 15.1 Å². The van der Waals surface area contributed by atoms with E-state index in [2.05, 4.69) is 32.2 Å². The van der Waals surface area contributed by atoms with Crippen LogP contribution in [0.3, 0.4) is 0 Å². The van der Waals surface area contributed by atoms with E-state index in [1.165, 1.54) is 0 Å². The highest BCUT2D eigenvalue weighted by Gasteiger charge is 2.45. The SMILES string of the molecule is CCOc1cc(C(C)(C)C)ccc1C1=N[C@@H](c2ccc(Cl)cc2)[C@@H](c2ccc(Cl)cc2)N1C(=O)N1CCNC(=O)C1.Cl. The van der Waals surface area contributed by atoms with Gasteiger partial charge in [0.05, 0.1) is 18.2 Å². The second-order valence-electron chi connectivity index (χ2n) is 11.3. The molecule has 0 spiro atoms. The number of halogens is 3. The molecule has 3 amide bonds. The van der Waals surface area contributed by atoms with E-state index in [0.717, 1.165) is 16.7 Å². The summed E-state index contributed by atoms with van der Waals surface area (Å²) in [5.41, 5.74) is 3.49. The van der Waals surface area contributed by atoms with Gasteiger partial charge in [-0.05, 0) is 65.4 Å². The van der Waals surface area contributed by atoms with Crippen LogP contribution in [0.15, 0.2) is 71.7 Å². The monoisotopic (exact) mass is 628 g/mol. The average molecular weight is 630 g/mol. The number of amides is 3. The Morgan fingerprint density at radius 3 is 2.19 bits per heavy atom. The van der Waals surface area contributed by atoms with Gasteiger partial charge in [-0.1, -0.05) is 74.3 Å². The molecule has 2 aliphatic rings. The van der Waals surface area contributed by atoms with E-state index in [0.29, 0.717) is 46.9 Å². The minimum absolute atomic E-state index is 0. The van der Waals surface area contributed by atoms with Gasteiger partial charge in [-0.15, -0.1) is 12.4 Å².